The molecule has 0 aliphatic heterocycles. The van der Waals surface area contributed by atoms with Crippen LogP contribution in [0.2, 0.25) is 0 Å². The molecule has 44 heavy (non-hydrogen) atoms. The van der Waals surface area contributed by atoms with E-state index in [1.807, 2.05) is 26.8 Å². The second kappa shape index (κ2) is 11.5. The van der Waals surface area contributed by atoms with E-state index in [2.05, 4.69) is 20.8 Å². The third-order valence-corrected chi connectivity index (χ3v) is 15.8. The van der Waals surface area contributed by atoms with Gasteiger partial charge >= 0.3 is 6.18 Å². The molecule has 250 valence electrons. The van der Waals surface area contributed by atoms with E-state index < -0.39 is 38.4 Å². The molecule has 0 spiro atoms. The van der Waals surface area contributed by atoms with Gasteiger partial charge in [-0.05, 0) is 135 Å². The normalized spacial score (nSPS) is 39.9. The molecule has 0 saturated heterocycles. The smallest absolute Gasteiger partial charge is 0.393 e. The molecule has 0 heterocycles. The highest BCUT2D eigenvalue weighted by atomic mass is 32.2. The van der Waals surface area contributed by atoms with Crippen molar-refractivity contribution in [2.75, 3.05) is 0 Å². The van der Waals surface area contributed by atoms with E-state index in [0.29, 0.717) is 41.4 Å². The third kappa shape index (κ3) is 5.80. The van der Waals surface area contributed by atoms with Crippen LogP contribution in [0.4, 0.5) is 13.2 Å². The SMILES string of the molecule is C[C@@H](CC(C[C@@H](O)C(C)(C)C)S(=O)(=O)c1ccccc1)[C@@H]1CC[C@H]2[C@@H]3CC[C@H]4C[C@](O)(C(F)(F)F)CC[C@]4(C)[C@H]3CC[C@@]21C. The largest absolute Gasteiger partial charge is 0.417 e. The maximum absolute atomic E-state index is 14.0. The Bertz CT molecular complexity index is 1280. The minimum Gasteiger partial charge on any atom is -0.393 e. The fourth-order valence-corrected chi connectivity index (χ4v) is 12.7. The van der Waals surface area contributed by atoms with Crippen LogP contribution in [0.15, 0.2) is 35.2 Å². The monoisotopic (exact) mass is 640 g/mol. The number of sulfone groups is 1. The van der Waals surface area contributed by atoms with Gasteiger partial charge in [-0.2, -0.15) is 13.2 Å². The Morgan fingerprint density at radius 2 is 1.52 bits per heavy atom. The van der Waals surface area contributed by atoms with E-state index in [-0.39, 0.29) is 41.9 Å². The van der Waals surface area contributed by atoms with Crippen LogP contribution in [0.5, 0.6) is 0 Å². The lowest BCUT2D eigenvalue weighted by Gasteiger charge is -2.62. The number of hydrogen-bond donors (Lipinski definition) is 2. The van der Waals surface area contributed by atoms with Gasteiger partial charge in [-0.3, -0.25) is 0 Å². The molecule has 4 saturated carbocycles. The van der Waals surface area contributed by atoms with Gasteiger partial charge in [-0.25, -0.2) is 8.42 Å². The molecule has 1 unspecified atom stereocenters. The summed E-state index contributed by atoms with van der Waals surface area (Å²) < 4.78 is 69.3. The summed E-state index contributed by atoms with van der Waals surface area (Å²) in [6.07, 6.45) is 1.21. The Labute approximate surface area is 263 Å². The van der Waals surface area contributed by atoms with E-state index >= 15 is 0 Å². The Hall–Kier alpha value is -1.12. The van der Waals surface area contributed by atoms with Gasteiger partial charge in [-0.1, -0.05) is 59.7 Å². The molecular formula is C36H55F3O4S. The molecule has 2 N–H and O–H groups in total. The van der Waals surface area contributed by atoms with Crippen molar-refractivity contribution >= 4 is 9.84 Å². The molecule has 4 nitrogen and oxygen atoms in total. The van der Waals surface area contributed by atoms with Crippen molar-refractivity contribution < 1.29 is 31.8 Å². The molecule has 4 aliphatic rings. The molecule has 0 aromatic heterocycles. The summed E-state index contributed by atoms with van der Waals surface area (Å²) in [5.74, 6) is 1.73. The minimum absolute atomic E-state index is 0.0643. The average molecular weight is 641 g/mol. The molecule has 0 amide bonds. The topological polar surface area (TPSA) is 74.6 Å². The van der Waals surface area contributed by atoms with Crippen LogP contribution in [-0.4, -0.2) is 41.8 Å². The van der Waals surface area contributed by atoms with Gasteiger partial charge in [0, 0.05) is 0 Å². The van der Waals surface area contributed by atoms with E-state index in [4.69, 9.17) is 0 Å². The van der Waals surface area contributed by atoms with Crippen LogP contribution in [-0.2, 0) is 9.84 Å². The summed E-state index contributed by atoms with van der Waals surface area (Å²) in [6.45, 7) is 12.7. The number of rotatable bonds is 7. The predicted octanol–water partition coefficient (Wildman–Crippen LogP) is 8.60. The highest BCUT2D eigenvalue weighted by Gasteiger charge is 2.65. The van der Waals surface area contributed by atoms with Crippen molar-refractivity contribution in [3.05, 3.63) is 30.3 Å². The number of benzene rings is 1. The Balaban J connectivity index is 1.35. The van der Waals surface area contributed by atoms with Gasteiger partial charge in [0.25, 0.3) is 0 Å². The lowest BCUT2D eigenvalue weighted by atomic mass is 9.43. The van der Waals surface area contributed by atoms with Crippen LogP contribution in [0, 0.1) is 51.8 Å². The second-order valence-electron chi connectivity index (χ2n) is 16.9. The van der Waals surface area contributed by atoms with Crippen molar-refractivity contribution in [3.8, 4) is 0 Å². The maximum atomic E-state index is 14.0. The summed E-state index contributed by atoms with van der Waals surface area (Å²) in [6, 6.07) is 8.62. The average Bonchev–Trinajstić information content (AvgIpc) is 3.29. The molecule has 0 bridgehead atoms. The van der Waals surface area contributed by atoms with E-state index in [9.17, 15) is 31.8 Å². The summed E-state index contributed by atoms with van der Waals surface area (Å²) in [5.41, 5.74) is -3.10. The molecule has 4 aliphatic carbocycles. The number of hydrogen-bond acceptors (Lipinski definition) is 4. The number of alkyl halides is 3. The highest BCUT2D eigenvalue weighted by molar-refractivity contribution is 7.92. The summed E-state index contributed by atoms with van der Waals surface area (Å²) in [7, 11) is -3.65. The number of fused-ring (bicyclic) bond motifs is 5. The molecule has 1 aromatic rings. The number of halogens is 3. The standard InChI is InChI=1S/C36H55F3O4S/c1-23(20-26(21-31(40)32(2,3)4)44(42,43)25-10-8-7-9-11-25)28-14-15-29-27-13-12-24-22-35(41,36(37,38)39)19-18-33(24,5)30(27)16-17-34(28,29)6/h7-11,23-24,26-31,40-41H,12-22H2,1-6H3/t23-,24-,26?,27-,28-,29-,30-,31+,33-,34+,35-/m0/s1. The predicted molar refractivity (Wildman–Crippen MR) is 167 cm³/mol. The lowest BCUT2D eigenvalue weighted by molar-refractivity contribution is -0.290. The first-order valence-electron chi connectivity index (χ1n) is 17.0. The Morgan fingerprint density at radius 1 is 0.886 bits per heavy atom. The van der Waals surface area contributed by atoms with Gasteiger partial charge in [-0.15, -0.1) is 0 Å². The van der Waals surface area contributed by atoms with Crippen LogP contribution in [0.3, 0.4) is 0 Å². The van der Waals surface area contributed by atoms with Crippen molar-refractivity contribution in [1.82, 2.24) is 0 Å². The number of aliphatic hydroxyl groups is 2. The first-order chi connectivity index (χ1) is 20.2. The maximum Gasteiger partial charge on any atom is 0.417 e. The zero-order chi connectivity index (χ0) is 32.5. The Morgan fingerprint density at radius 3 is 2.14 bits per heavy atom. The molecule has 0 radical (unpaired) electrons. The zero-order valence-corrected chi connectivity index (χ0v) is 28.4. The first-order valence-corrected chi connectivity index (χ1v) is 18.5. The summed E-state index contributed by atoms with van der Waals surface area (Å²) in [4.78, 5) is 0.309. The van der Waals surface area contributed by atoms with Crippen molar-refractivity contribution in [3.63, 3.8) is 0 Å². The highest BCUT2D eigenvalue weighted by Crippen LogP contribution is 2.69. The second-order valence-corrected chi connectivity index (χ2v) is 19.2. The summed E-state index contributed by atoms with van der Waals surface area (Å²) >= 11 is 0. The third-order valence-electron chi connectivity index (χ3n) is 13.6. The number of aliphatic hydroxyl groups excluding tert-OH is 1. The van der Waals surface area contributed by atoms with Gasteiger partial charge in [0.2, 0.25) is 0 Å². The van der Waals surface area contributed by atoms with Gasteiger partial charge < -0.3 is 10.2 Å². The first kappa shape index (κ1) is 34.2. The molecule has 1 aromatic carbocycles. The molecule has 11 atom stereocenters. The van der Waals surface area contributed by atoms with Crippen molar-refractivity contribution in [2.24, 2.45) is 51.8 Å². The van der Waals surface area contributed by atoms with E-state index in [1.165, 1.54) is 0 Å². The van der Waals surface area contributed by atoms with Gasteiger partial charge in [0.1, 0.15) is 0 Å². The van der Waals surface area contributed by atoms with Crippen molar-refractivity contribution in [1.29, 1.82) is 0 Å². The molecule has 8 heteroatoms. The Kier molecular flexibility index (Phi) is 8.97. The van der Waals surface area contributed by atoms with Crippen LogP contribution in [0.1, 0.15) is 112 Å². The van der Waals surface area contributed by atoms with Crippen LogP contribution >= 0.6 is 0 Å². The lowest BCUT2D eigenvalue weighted by Crippen LogP contribution is -2.59. The van der Waals surface area contributed by atoms with Crippen LogP contribution in [0.25, 0.3) is 0 Å². The van der Waals surface area contributed by atoms with Gasteiger partial charge in [0.15, 0.2) is 15.4 Å². The van der Waals surface area contributed by atoms with Crippen LogP contribution < -0.4 is 0 Å². The van der Waals surface area contributed by atoms with E-state index in [1.54, 1.807) is 24.3 Å². The quantitative estimate of drug-likeness (QED) is 0.313. The fourth-order valence-electron chi connectivity index (χ4n) is 10.8. The molecule has 5 rings (SSSR count). The zero-order valence-electron chi connectivity index (χ0n) is 27.5. The fraction of sp³-hybridized carbons (Fsp3) is 0.833. The molecule has 4 fully saturated rings. The summed E-state index contributed by atoms with van der Waals surface area (Å²) in [5, 5.41) is 20.9. The van der Waals surface area contributed by atoms with E-state index in [0.717, 1.165) is 38.5 Å². The van der Waals surface area contributed by atoms with Crippen molar-refractivity contribution in [2.45, 2.75) is 140 Å². The minimum atomic E-state index is -4.58. The molecular weight excluding hydrogens is 585 g/mol. The van der Waals surface area contributed by atoms with Gasteiger partial charge in [0.05, 0.1) is 16.2 Å².